The molecule has 0 aromatic heterocycles. The van der Waals surface area contributed by atoms with Crippen molar-refractivity contribution in [3.63, 3.8) is 0 Å². The lowest BCUT2D eigenvalue weighted by Crippen LogP contribution is -2.46. The molecule has 4 rings (SSSR count). The molecule has 6 nitrogen and oxygen atoms in total. The minimum absolute atomic E-state index is 0.0877. The number of carbonyl (C=O) groups is 1. The number of thioether (sulfide) groups is 1. The number of rotatable bonds is 5. The summed E-state index contributed by atoms with van der Waals surface area (Å²) in [6.07, 6.45) is 2.56. The van der Waals surface area contributed by atoms with Crippen LogP contribution in [0.25, 0.3) is 0 Å². The van der Waals surface area contributed by atoms with Crippen molar-refractivity contribution in [1.29, 1.82) is 0 Å². The predicted molar refractivity (Wildman–Crippen MR) is 133 cm³/mol. The highest BCUT2D eigenvalue weighted by Gasteiger charge is 2.40. The van der Waals surface area contributed by atoms with Crippen molar-refractivity contribution in [2.75, 3.05) is 31.3 Å². The lowest BCUT2D eigenvalue weighted by Gasteiger charge is -2.35. The Morgan fingerprint density at radius 1 is 1.09 bits per heavy atom. The van der Waals surface area contributed by atoms with Crippen LogP contribution in [0.3, 0.4) is 0 Å². The van der Waals surface area contributed by atoms with E-state index in [0.29, 0.717) is 13.1 Å². The molecule has 0 aliphatic carbocycles. The SMILES string of the molecule is CCCSC1=NC2(CCN(C(=O)Nc3ccc(OC)cc3)CC2)N=C1c1ccc(C)cc1. The van der Waals surface area contributed by atoms with Gasteiger partial charge in [0.15, 0.2) is 5.66 Å². The Morgan fingerprint density at radius 3 is 2.41 bits per heavy atom. The summed E-state index contributed by atoms with van der Waals surface area (Å²) < 4.78 is 5.17. The summed E-state index contributed by atoms with van der Waals surface area (Å²) in [4.78, 5) is 24.8. The van der Waals surface area contributed by atoms with Crippen molar-refractivity contribution in [1.82, 2.24) is 4.90 Å². The number of anilines is 1. The van der Waals surface area contributed by atoms with Gasteiger partial charge >= 0.3 is 6.03 Å². The van der Waals surface area contributed by atoms with E-state index in [1.165, 1.54) is 5.56 Å². The van der Waals surface area contributed by atoms with Gasteiger partial charge in [-0.1, -0.05) is 36.8 Å². The molecule has 2 aliphatic heterocycles. The molecule has 2 amide bonds. The second-order valence-corrected chi connectivity index (χ2v) is 9.30. The van der Waals surface area contributed by atoms with E-state index < -0.39 is 5.66 Å². The first-order valence-corrected chi connectivity index (χ1v) is 12.1. The fourth-order valence-electron chi connectivity index (χ4n) is 3.89. The minimum Gasteiger partial charge on any atom is -0.497 e. The van der Waals surface area contributed by atoms with Gasteiger partial charge in [-0.3, -0.25) is 4.99 Å². The lowest BCUT2D eigenvalue weighted by atomic mass is 9.98. The van der Waals surface area contributed by atoms with Gasteiger partial charge in [0.2, 0.25) is 0 Å². The number of hydrogen-bond donors (Lipinski definition) is 1. The van der Waals surface area contributed by atoms with Gasteiger partial charge in [-0.15, -0.1) is 11.8 Å². The molecule has 2 aliphatic rings. The molecule has 2 heterocycles. The summed E-state index contributed by atoms with van der Waals surface area (Å²) in [5.74, 6) is 1.79. The summed E-state index contributed by atoms with van der Waals surface area (Å²) in [5.41, 5.74) is 3.66. The van der Waals surface area contributed by atoms with E-state index >= 15 is 0 Å². The number of piperidine rings is 1. The first-order valence-electron chi connectivity index (χ1n) is 11.1. The van der Waals surface area contributed by atoms with Crippen molar-refractivity contribution in [3.8, 4) is 5.75 Å². The molecular weight excluding hydrogens is 420 g/mol. The molecule has 0 atom stereocenters. The first kappa shape index (κ1) is 22.4. The largest absolute Gasteiger partial charge is 0.497 e. The molecule has 2 aromatic rings. The number of nitrogens with one attached hydrogen (secondary N) is 1. The minimum atomic E-state index is -0.451. The number of ether oxygens (including phenoxy) is 1. The standard InChI is InChI=1S/C25H30N4O2S/c1-4-17-32-23-22(19-7-5-18(2)6-8-19)27-25(28-23)13-15-29(16-14-25)24(30)26-20-9-11-21(31-3)12-10-20/h5-12H,4,13-17H2,1-3H3,(H,26,30). The van der Waals surface area contributed by atoms with E-state index in [2.05, 4.69) is 43.4 Å². The predicted octanol–water partition coefficient (Wildman–Crippen LogP) is 5.37. The smallest absolute Gasteiger partial charge is 0.321 e. The number of nitrogens with zero attached hydrogens (tertiary/aromatic N) is 3. The van der Waals surface area contributed by atoms with Crippen molar-refractivity contribution in [3.05, 3.63) is 59.7 Å². The molecule has 0 unspecified atom stereocenters. The highest BCUT2D eigenvalue weighted by Crippen LogP contribution is 2.36. The molecule has 1 spiro atoms. The van der Waals surface area contributed by atoms with Crippen molar-refractivity contribution in [2.45, 2.75) is 38.8 Å². The van der Waals surface area contributed by atoms with Crippen LogP contribution in [0.5, 0.6) is 5.75 Å². The highest BCUT2D eigenvalue weighted by molar-refractivity contribution is 8.15. The number of likely N-dealkylation sites (tertiary alicyclic amines) is 1. The maximum Gasteiger partial charge on any atom is 0.321 e. The molecule has 1 N–H and O–H groups in total. The zero-order valence-electron chi connectivity index (χ0n) is 18.9. The molecule has 0 saturated carbocycles. The monoisotopic (exact) mass is 450 g/mol. The van der Waals surface area contributed by atoms with Gasteiger partial charge in [-0.25, -0.2) is 9.79 Å². The third kappa shape index (κ3) is 4.99. The van der Waals surface area contributed by atoms with Crippen LogP contribution >= 0.6 is 11.8 Å². The van der Waals surface area contributed by atoms with Crippen LogP contribution in [0.4, 0.5) is 10.5 Å². The molecule has 1 fully saturated rings. The molecule has 168 valence electrons. The number of amides is 2. The summed E-state index contributed by atoms with van der Waals surface area (Å²) in [6, 6.07) is 15.8. The maximum atomic E-state index is 12.8. The second-order valence-electron chi connectivity index (χ2n) is 8.22. The van der Waals surface area contributed by atoms with Gasteiger partial charge in [0.05, 0.1) is 12.8 Å². The van der Waals surface area contributed by atoms with Crippen LogP contribution in [0.1, 0.15) is 37.3 Å². The fraction of sp³-hybridized carbons (Fsp3) is 0.400. The molecule has 2 aromatic carbocycles. The lowest BCUT2D eigenvalue weighted by molar-refractivity contribution is 0.175. The van der Waals surface area contributed by atoms with Crippen LogP contribution in [-0.4, -0.2) is 53.3 Å². The van der Waals surface area contributed by atoms with E-state index in [0.717, 1.165) is 52.8 Å². The topological polar surface area (TPSA) is 66.3 Å². The Morgan fingerprint density at radius 2 is 1.78 bits per heavy atom. The molecule has 32 heavy (non-hydrogen) atoms. The highest BCUT2D eigenvalue weighted by atomic mass is 32.2. The third-order valence-corrected chi connectivity index (χ3v) is 6.96. The van der Waals surface area contributed by atoms with Crippen molar-refractivity contribution in [2.24, 2.45) is 9.98 Å². The van der Waals surface area contributed by atoms with E-state index in [1.807, 2.05) is 29.2 Å². The number of methoxy groups -OCH3 is 1. The van der Waals surface area contributed by atoms with E-state index in [1.54, 1.807) is 18.9 Å². The van der Waals surface area contributed by atoms with Gasteiger partial charge in [-0.2, -0.15) is 0 Å². The van der Waals surface area contributed by atoms with E-state index in [4.69, 9.17) is 14.7 Å². The summed E-state index contributed by atoms with van der Waals surface area (Å²) in [6.45, 7) is 5.53. The van der Waals surface area contributed by atoms with Gasteiger partial charge in [0.25, 0.3) is 0 Å². The first-order chi connectivity index (χ1) is 15.5. The summed E-state index contributed by atoms with van der Waals surface area (Å²) in [7, 11) is 1.63. The number of aryl methyl sites for hydroxylation is 1. The zero-order valence-corrected chi connectivity index (χ0v) is 19.7. The normalized spacial score (nSPS) is 17.2. The summed E-state index contributed by atoms with van der Waals surface area (Å²) in [5, 5.41) is 4.01. The number of urea groups is 1. The number of benzene rings is 2. The second kappa shape index (κ2) is 9.77. The average Bonchev–Trinajstić information content (AvgIpc) is 3.16. The van der Waals surface area contributed by atoms with Gasteiger partial charge in [0.1, 0.15) is 10.8 Å². The Balaban J connectivity index is 1.45. The Hall–Kier alpha value is -2.80. The summed E-state index contributed by atoms with van der Waals surface area (Å²) >= 11 is 1.79. The quantitative estimate of drug-likeness (QED) is 0.666. The van der Waals surface area contributed by atoms with Crippen LogP contribution in [-0.2, 0) is 0 Å². The maximum absolute atomic E-state index is 12.8. The number of aliphatic imine (C=N–C) groups is 2. The molecule has 1 saturated heterocycles. The van der Waals surface area contributed by atoms with Crippen molar-refractivity contribution < 1.29 is 9.53 Å². The third-order valence-electron chi connectivity index (χ3n) is 5.79. The van der Waals surface area contributed by atoms with Gasteiger partial charge < -0.3 is 15.0 Å². The molecular formula is C25H30N4O2S. The zero-order chi connectivity index (χ0) is 22.6. The number of carbonyl (C=O) groups excluding carboxylic acids is 1. The van der Waals surface area contributed by atoms with Crippen LogP contribution in [0.15, 0.2) is 58.5 Å². The van der Waals surface area contributed by atoms with E-state index in [-0.39, 0.29) is 6.03 Å². The molecule has 0 bridgehead atoms. The molecule has 0 radical (unpaired) electrons. The van der Waals surface area contributed by atoms with Crippen LogP contribution in [0, 0.1) is 6.92 Å². The Bertz CT molecular complexity index is 1010. The Labute approximate surface area is 194 Å². The van der Waals surface area contributed by atoms with Crippen LogP contribution < -0.4 is 10.1 Å². The average molecular weight is 451 g/mol. The van der Waals surface area contributed by atoms with E-state index in [9.17, 15) is 4.79 Å². The Kier molecular flexibility index (Phi) is 6.84. The van der Waals surface area contributed by atoms with Gasteiger partial charge in [0, 0.05) is 37.2 Å². The fourth-order valence-corrected chi connectivity index (χ4v) is 4.82. The number of hydrogen-bond acceptors (Lipinski definition) is 5. The van der Waals surface area contributed by atoms with Crippen molar-refractivity contribution >= 4 is 34.2 Å². The molecule has 7 heteroatoms. The van der Waals surface area contributed by atoms with Gasteiger partial charge in [-0.05, 0) is 43.4 Å². The van der Waals surface area contributed by atoms with Crippen LogP contribution in [0.2, 0.25) is 0 Å².